The molecule has 4 rings (SSSR count). The second-order valence-electron chi connectivity index (χ2n) is 7.09. The van der Waals surface area contributed by atoms with Gasteiger partial charge in [-0.1, -0.05) is 36.4 Å². The van der Waals surface area contributed by atoms with Gasteiger partial charge in [-0.15, -0.1) is 35.0 Å². The van der Waals surface area contributed by atoms with Crippen LogP contribution in [0.2, 0.25) is 0 Å². The molecule has 0 radical (unpaired) electrons. The zero-order valence-electron chi connectivity index (χ0n) is 15.4. The highest BCUT2D eigenvalue weighted by atomic mass is 35.5. The molecule has 0 spiro atoms. The van der Waals surface area contributed by atoms with Gasteiger partial charge in [0.15, 0.2) is 5.82 Å². The number of alkyl halides is 3. The first-order valence-electron chi connectivity index (χ1n) is 8.82. The van der Waals surface area contributed by atoms with Crippen LogP contribution in [0.1, 0.15) is 24.8 Å². The quantitative estimate of drug-likeness (QED) is 0.561. The van der Waals surface area contributed by atoms with Gasteiger partial charge in [0.05, 0.1) is 5.56 Å². The van der Waals surface area contributed by atoms with Gasteiger partial charge in [-0.3, -0.25) is 0 Å². The SMILES string of the molecule is Cl.Cl.NC1(CNc2nnc(-c3ccc(C(F)(F)F)cc3)c3ccccc23)CCC1. The van der Waals surface area contributed by atoms with Crippen molar-refractivity contribution in [3.63, 3.8) is 0 Å². The van der Waals surface area contributed by atoms with Crippen molar-refractivity contribution in [3.05, 3.63) is 54.1 Å². The zero-order chi connectivity index (χ0) is 19.1. The highest BCUT2D eigenvalue weighted by Crippen LogP contribution is 2.34. The van der Waals surface area contributed by atoms with E-state index in [1.54, 1.807) is 0 Å². The molecule has 1 aliphatic rings. The number of fused-ring (bicyclic) bond motifs is 1. The second-order valence-corrected chi connectivity index (χ2v) is 7.09. The van der Waals surface area contributed by atoms with E-state index in [1.165, 1.54) is 12.1 Å². The van der Waals surface area contributed by atoms with Gasteiger partial charge in [-0.2, -0.15) is 13.2 Å². The smallest absolute Gasteiger partial charge is 0.366 e. The molecule has 3 N–H and O–H groups in total. The van der Waals surface area contributed by atoms with Crippen molar-refractivity contribution < 1.29 is 13.2 Å². The highest BCUT2D eigenvalue weighted by Gasteiger charge is 2.32. The van der Waals surface area contributed by atoms with Crippen LogP contribution in [0.25, 0.3) is 22.0 Å². The van der Waals surface area contributed by atoms with Crippen molar-refractivity contribution in [3.8, 4) is 11.3 Å². The van der Waals surface area contributed by atoms with Crippen LogP contribution < -0.4 is 11.1 Å². The van der Waals surface area contributed by atoms with Gasteiger partial charge in [-0.05, 0) is 31.4 Å². The molecular weight excluding hydrogens is 424 g/mol. The molecule has 0 unspecified atom stereocenters. The molecule has 1 heterocycles. The van der Waals surface area contributed by atoms with E-state index in [1.807, 2.05) is 24.3 Å². The first-order chi connectivity index (χ1) is 12.9. The van der Waals surface area contributed by atoms with E-state index in [9.17, 15) is 13.2 Å². The Morgan fingerprint density at radius 2 is 1.55 bits per heavy atom. The van der Waals surface area contributed by atoms with E-state index in [-0.39, 0.29) is 30.4 Å². The minimum absolute atomic E-state index is 0. The molecule has 1 saturated carbocycles. The third-order valence-corrected chi connectivity index (χ3v) is 5.13. The van der Waals surface area contributed by atoms with Gasteiger partial charge in [-0.25, -0.2) is 0 Å². The largest absolute Gasteiger partial charge is 0.416 e. The van der Waals surface area contributed by atoms with Crippen molar-refractivity contribution >= 4 is 41.4 Å². The van der Waals surface area contributed by atoms with Gasteiger partial charge in [0.1, 0.15) is 5.69 Å². The lowest BCUT2D eigenvalue weighted by molar-refractivity contribution is -0.137. The summed E-state index contributed by atoms with van der Waals surface area (Å²) in [6, 6.07) is 12.6. The summed E-state index contributed by atoms with van der Waals surface area (Å²) in [5.74, 6) is 0.637. The fraction of sp³-hybridized carbons (Fsp3) is 0.300. The number of halogens is 5. The first kappa shape index (κ1) is 23.2. The third-order valence-electron chi connectivity index (χ3n) is 5.13. The Morgan fingerprint density at radius 1 is 0.931 bits per heavy atom. The fourth-order valence-corrected chi connectivity index (χ4v) is 3.33. The standard InChI is InChI=1S/C20H19F3N4.2ClH/c21-20(22,23)14-8-6-13(7-9-14)17-15-4-1-2-5-16(15)18(27-26-17)25-12-19(24)10-3-11-19;;/h1-2,4-9H,3,10-12,24H2,(H,25,27);2*1H. The predicted molar refractivity (Wildman–Crippen MR) is 114 cm³/mol. The Morgan fingerprint density at radius 3 is 2.10 bits per heavy atom. The number of aromatic nitrogens is 2. The molecule has 0 amide bonds. The lowest BCUT2D eigenvalue weighted by Crippen LogP contribution is -2.52. The molecule has 3 aromatic rings. The number of nitrogens with one attached hydrogen (secondary N) is 1. The molecule has 29 heavy (non-hydrogen) atoms. The van der Waals surface area contributed by atoms with Crippen LogP contribution in [0.3, 0.4) is 0 Å². The van der Waals surface area contributed by atoms with E-state index in [0.29, 0.717) is 23.6 Å². The van der Waals surface area contributed by atoms with E-state index in [0.717, 1.165) is 42.2 Å². The van der Waals surface area contributed by atoms with Crippen LogP contribution in [0.5, 0.6) is 0 Å². The molecule has 0 saturated heterocycles. The second kappa shape index (κ2) is 8.73. The Kier molecular flexibility index (Phi) is 6.98. The molecular formula is C20H21Cl2F3N4. The molecule has 2 aromatic carbocycles. The van der Waals surface area contributed by atoms with Crippen LogP contribution in [0.15, 0.2) is 48.5 Å². The average molecular weight is 445 g/mol. The van der Waals surface area contributed by atoms with E-state index in [2.05, 4.69) is 15.5 Å². The molecule has 1 aliphatic carbocycles. The van der Waals surface area contributed by atoms with Gasteiger partial charge in [0, 0.05) is 28.4 Å². The zero-order valence-corrected chi connectivity index (χ0v) is 17.0. The highest BCUT2D eigenvalue weighted by molar-refractivity contribution is 6.00. The maximum Gasteiger partial charge on any atom is 0.416 e. The normalized spacial score (nSPS) is 15.0. The van der Waals surface area contributed by atoms with Crippen LogP contribution in [-0.2, 0) is 6.18 Å². The summed E-state index contributed by atoms with van der Waals surface area (Å²) in [4.78, 5) is 0. The maximum atomic E-state index is 12.8. The molecule has 156 valence electrons. The molecule has 9 heteroatoms. The number of hydrogen-bond acceptors (Lipinski definition) is 4. The summed E-state index contributed by atoms with van der Waals surface area (Å²) in [7, 11) is 0. The number of hydrogen-bond donors (Lipinski definition) is 2. The Balaban J connectivity index is 0.00000150. The maximum absolute atomic E-state index is 12.8. The van der Waals surface area contributed by atoms with Crippen LogP contribution in [0, 0.1) is 0 Å². The minimum atomic E-state index is -4.36. The van der Waals surface area contributed by atoms with E-state index < -0.39 is 11.7 Å². The van der Waals surface area contributed by atoms with Crippen LogP contribution >= 0.6 is 24.8 Å². The summed E-state index contributed by atoms with van der Waals surface area (Å²) >= 11 is 0. The van der Waals surface area contributed by atoms with Crippen molar-refractivity contribution in [2.45, 2.75) is 31.0 Å². The number of benzene rings is 2. The van der Waals surface area contributed by atoms with E-state index >= 15 is 0 Å². The Bertz CT molecular complexity index is 974. The average Bonchev–Trinajstić information content (AvgIpc) is 2.64. The topological polar surface area (TPSA) is 63.8 Å². The van der Waals surface area contributed by atoms with Gasteiger partial charge < -0.3 is 11.1 Å². The fourth-order valence-electron chi connectivity index (χ4n) is 3.33. The summed E-state index contributed by atoms with van der Waals surface area (Å²) in [5, 5.41) is 13.5. The first-order valence-corrected chi connectivity index (χ1v) is 8.82. The van der Waals surface area contributed by atoms with Crippen molar-refractivity contribution in [2.24, 2.45) is 5.73 Å². The van der Waals surface area contributed by atoms with E-state index in [4.69, 9.17) is 5.73 Å². The molecule has 0 atom stereocenters. The minimum Gasteiger partial charge on any atom is -0.366 e. The number of nitrogens with two attached hydrogens (primary N) is 1. The Hall–Kier alpha value is -2.09. The summed E-state index contributed by atoms with van der Waals surface area (Å²) < 4.78 is 38.4. The molecule has 4 nitrogen and oxygen atoms in total. The molecule has 1 aromatic heterocycles. The number of anilines is 1. The lowest BCUT2D eigenvalue weighted by Gasteiger charge is -2.38. The van der Waals surface area contributed by atoms with Crippen LogP contribution in [-0.4, -0.2) is 22.3 Å². The van der Waals surface area contributed by atoms with Gasteiger partial charge in [0.2, 0.25) is 0 Å². The van der Waals surface area contributed by atoms with Gasteiger partial charge >= 0.3 is 6.18 Å². The number of nitrogens with zero attached hydrogens (tertiary/aromatic N) is 2. The van der Waals surface area contributed by atoms with Gasteiger partial charge in [0.25, 0.3) is 0 Å². The van der Waals surface area contributed by atoms with Crippen molar-refractivity contribution in [1.82, 2.24) is 10.2 Å². The van der Waals surface area contributed by atoms with Crippen LogP contribution in [0.4, 0.5) is 19.0 Å². The monoisotopic (exact) mass is 444 g/mol. The molecule has 1 fully saturated rings. The van der Waals surface area contributed by atoms with Crippen molar-refractivity contribution in [2.75, 3.05) is 11.9 Å². The predicted octanol–water partition coefficient (Wildman–Crippen LogP) is 5.45. The summed E-state index contributed by atoms with van der Waals surface area (Å²) in [6.45, 7) is 0.616. The van der Waals surface area contributed by atoms with Crippen molar-refractivity contribution in [1.29, 1.82) is 0 Å². The number of rotatable bonds is 4. The Labute approximate surface area is 178 Å². The lowest BCUT2D eigenvalue weighted by atomic mass is 9.78. The molecule has 0 aliphatic heterocycles. The molecule has 0 bridgehead atoms. The summed E-state index contributed by atoms with van der Waals surface area (Å²) in [5.41, 5.74) is 6.52. The third kappa shape index (κ3) is 4.74. The summed E-state index contributed by atoms with van der Waals surface area (Å²) in [6.07, 6.45) is -1.26.